The fourth-order valence-electron chi connectivity index (χ4n) is 3.86. The van der Waals surface area contributed by atoms with E-state index in [0.29, 0.717) is 25.3 Å². The molecule has 2 aromatic rings. The van der Waals surface area contributed by atoms with Crippen molar-refractivity contribution >= 4 is 35.2 Å². The van der Waals surface area contributed by atoms with Gasteiger partial charge in [-0.05, 0) is 37.5 Å². The maximum atomic E-state index is 13.2. The van der Waals surface area contributed by atoms with Gasteiger partial charge in [0.05, 0.1) is 5.69 Å². The number of nitrogens with zero attached hydrogens (tertiary/aromatic N) is 2. The van der Waals surface area contributed by atoms with Gasteiger partial charge in [0.2, 0.25) is 11.8 Å². The first kappa shape index (κ1) is 20.5. The summed E-state index contributed by atoms with van der Waals surface area (Å²) in [6.07, 6.45) is 1.94. The SMILES string of the molecule is Cc1cccc(CNC(=O)CN2C(=O)[C@@H](C(=O)N3CCCC3)Sc3ccccc32)c1. The van der Waals surface area contributed by atoms with E-state index < -0.39 is 5.25 Å². The third-order valence-corrected chi connectivity index (χ3v) is 6.65. The zero-order valence-corrected chi connectivity index (χ0v) is 17.8. The van der Waals surface area contributed by atoms with Gasteiger partial charge in [-0.15, -0.1) is 11.8 Å². The molecule has 0 radical (unpaired) electrons. The lowest BCUT2D eigenvalue weighted by Crippen LogP contribution is -2.51. The standard InChI is InChI=1S/C23H25N3O3S/c1-16-7-6-8-17(13-16)14-24-20(27)15-26-18-9-2-3-10-19(18)30-21(23(26)29)22(28)25-11-4-5-12-25/h2-3,6-10,13,21H,4-5,11-12,14-15H2,1H3,(H,24,27)/t21-/m1/s1. The number of nitrogens with one attached hydrogen (secondary N) is 1. The van der Waals surface area contributed by atoms with E-state index in [0.717, 1.165) is 28.9 Å². The van der Waals surface area contributed by atoms with Crippen molar-refractivity contribution in [3.8, 4) is 0 Å². The predicted octanol–water partition coefficient (Wildman–Crippen LogP) is 2.74. The van der Waals surface area contributed by atoms with Gasteiger partial charge in [0, 0.05) is 24.5 Å². The molecule has 1 fully saturated rings. The average Bonchev–Trinajstić information content (AvgIpc) is 3.28. The molecule has 3 amide bonds. The second-order valence-corrected chi connectivity index (χ2v) is 8.84. The van der Waals surface area contributed by atoms with Gasteiger partial charge < -0.3 is 15.1 Å². The summed E-state index contributed by atoms with van der Waals surface area (Å²) in [5.41, 5.74) is 2.82. The average molecular weight is 424 g/mol. The third-order valence-electron chi connectivity index (χ3n) is 5.41. The van der Waals surface area contributed by atoms with Crippen LogP contribution in [0.25, 0.3) is 0 Å². The van der Waals surface area contributed by atoms with Gasteiger partial charge in [-0.2, -0.15) is 0 Å². The first-order valence-corrected chi connectivity index (χ1v) is 11.1. The second kappa shape index (κ2) is 8.92. The fourth-order valence-corrected chi connectivity index (χ4v) is 5.05. The largest absolute Gasteiger partial charge is 0.350 e. The van der Waals surface area contributed by atoms with Crippen molar-refractivity contribution in [1.29, 1.82) is 0 Å². The van der Waals surface area contributed by atoms with Gasteiger partial charge in [-0.25, -0.2) is 0 Å². The van der Waals surface area contributed by atoms with Crippen molar-refractivity contribution in [2.75, 3.05) is 24.5 Å². The van der Waals surface area contributed by atoms with Crippen LogP contribution in [0.4, 0.5) is 5.69 Å². The Morgan fingerprint density at radius 3 is 2.63 bits per heavy atom. The van der Waals surface area contributed by atoms with Gasteiger partial charge in [-0.3, -0.25) is 14.4 Å². The van der Waals surface area contributed by atoms with Crippen molar-refractivity contribution in [3.05, 3.63) is 59.7 Å². The Bertz CT molecular complexity index is 972. The van der Waals surface area contributed by atoms with Crippen LogP contribution in [0.2, 0.25) is 0 Å². The Hall–Kier alpha value is -2.80. The Morgan fingerprint density at radius 1 is 1.10 bits per heavy atom. The topological polar surface area (TPSA) is 69.7 Å². The van der Waals surface area contributed by atoms with Crippen molar-refractivity contribution < 1.29 is 14.4 Å². The normalized spacial score (nSPS) is 18.3. The summed E-state index contributed by atoms with van der Waals surface area (Å²) in [5, 5.41) is 2.06. The molecular formula is C23H25N3O3S. The van der Waals surface area contributed by atoms with Crippen LogP contribution < -0.4 is 10.2 Å². The van der Waals surface area contributed by atoms with Gasteiger partial charge in [0.1, 0.15) is 6.54 Å². The van der Waals surface area contributed by atoms with Crippen molar-refractivity contribution in [2.24, 2.45) is 0 Å². The van der Waals surface area contributed by atoms with Crippen LogP contribution in [0, 0.1) is 6.92 Å². The highest BCUT2D eigenvalue weighted by Gasteiger charge is 2.41. The third kappa shape index (κ3) is 4.36. The molecule has 156 valence electrons. The Balaban J connectivity index is 1.49. The number of likely N-dealkylation sites (tertiary alicyclic amines) is 1. The first-order valence-electron chi connectivity index (χ1n) is 10.2. The summed E-state index contributed by atoms with van der Waals surface area (Å²) in [4.78, 5) is 42.9. The number of carbonyl (C=O) groups excluding carboxylic acids is 3. The number of rotatable bonds is 5. The van der Waals surface area contributed by atoms with E-state index in [-0.39, 0.29) is 24.3 Å². The lowest BCUT2D eigenvalue weighted by Gasteiger charge is -2.34. The number of benzene rings is 2. The molecule has 0 bridgehead atoms. The molecule has 0 spiro atoms. The zero-order valence-electron chi connectivity index (χ0n) is 17.0. The molecule has 1 saturated heterocycles. The molecule has 1 atom stereocenters. The molecule has 30 heavy (non-hydrogen) atoms. The van der Waals surface area contributed by atoms with E-state index in [9.17, 15) is 14.4 Å². The molecule has 0 unspecified atom stereocenters. The second-order valence-electron chi connectivity index (χ2n) is 7.69. The molecule has 0 aliphatic carbocycles. The number of fused-ring (bicyclic) bond motifs is 1. The molecular weight excluding hydrogens is 398 g/mol. The summed E-state index contributed by atoms with van der Waals surface area (Å²) in [7, 11) is 0. The number of hydrogen-bond acceptors (Lipinski definition) is 4. The van der Waals surface area contributed by atoms with E-state index in [4.69, 9.17) is 0 Å². The van der Waals surface area contributed by atoms with E-state index in [1.54, 1.807) is 4.90 Å². The highest BCUT2D eigenvalue weighted by molar-refractivity contribution is 8.01. The highest BCUT2D eigenvalue weighted by Crippen LogP contribution is 2.39. The van der Waals surface area contributed by atoms with E-state index >= 15 is 0 Å². The maximum Gasteiger partial charge on any atom is 0.250 e. The summed E-state index contributed by atoms with van der Waals surface area (Å²) in [6.45, 7) is 3.69. The molecule has 2 aliphatic rings. The minimum Gasteiger partial charge on any atom is -0.350 e. The van der Waals surface area contributed by atoms with Crippen LogP contribution in [-0.2, 0) is 20.9 Å². The lowest BCUT2D eigenvalue weighted by atomic mass is 10.1. The number of aryl methyl sites for hydroxylation is 1. The quantitative estimate of drug-likeness (QED) is 0.751. The van der Waals surface area contributed by atoms with E-state index in [1.807, 2.05) is 55.5 Å². The van der Waals surface area contributed by atoms with Crippen LogP contribution in [0.1, 0.15) is 24.0 Å². The Kier molecular flexibility index (Phi) is 6.08. The summed E-state index contributed by atoms with van der Waals surface area (Å²) in [5.74, 6) is -0.720. The summed E-state index contributed by atoms with van der Waals surface area (Å²) < 4.78 is 0. The fraction of sp³-hybridized carbons (Fsp3) is 0.348. The van der Waals surface area contributed by atoms with Crippen LogP contribution in [-0.4, -0.2) is 47.5 Å². The molecule has 1 N–H and O–H groups in total. The molecule has 2 aromatic carbocycles. The number of hydrogen-bond donors (Lipinski definition) is 1. The molecule has 0 saturated carbocycles. The Labute approximate surface area is 180 Å². The molecule has 7 heteroatoms. The van der Waals surface area contributed by atoms with Crippen LogP contribution >= 0.6 is 11.8 Å². The van der Waals surface area contributed by atoms with Gasteiger partial charge in [0.25, 0.3) is 5.91 Å². The van der Waals surface area contributed by atoms with Crippen molar-refractivity contribution in [1.82, 2.24) is 10.2 Å². The molecule has 6 nitrogen and oxygen atoms in total. The molecule has 4 rings (SSSR count). The van der Waals surface area contributed by atoms with Crippen molar-refractivity contribution in [2.45, 2.75) is 36.5 Å². The molecule has 2 heterocycles. The van der Waals surface area contributed by atoms with Crippen LogP contribution in [0.3, 0.4) is 0 Å². The Morgan fingerprint density at radius 2 is 1.87 bits per heavy atom. The smallest absolute Gasteiger partial charge is 0.250 e. The minimum absolute atomic E-state index is 0.105. The van der Waals surface area contributed by atoms with Crippen LogP contribution in [0.5, 0.6) is 0 Å². The summed E-state index contributed by atoms with van der Waals surface area (Å²) >= 11 is 1.29. The summed E-state index contributed by atoms with van der Waals surface area (Å²) in [6, 6.07) is 15.4. The van der Waals surface area contributed by atoms with E-state index in [1.165, 1.54) is 16.7 Å². The first-order chi connectivity index (χ1) is 14.5. The van der Waals surface area contributed by atoms with Gasteiger partial charge in [-0.1, -0.05) is 42.0 Å². The highest BCUT2D eigenvalue weighted by atomic mass is 32.2. The van der Waals surface area contributed by atoms with E-state index in [2.05, 4.69) is 5.32 Å². The van der Waals surface area contributed by atoms with Crippen molar-refractivity contribution in [3.63, 3.8) is 0 Å². The minimum atomic E-state index is -0.831. The van der Waals surface area contributed by atoms with Crippen LogP contribution in [0.15, 0.2) is 53.4 Å². The number of carbonyl (C=O) groups is 3. The lowest BCUT2D eigenvalue weighted by molar-refractivity contribution is -0.134. The molecule has 0 aromatic heterocycles. The number of amides is 3. The van der Waals surface area contributed by atoms with Gasteiger partial charge >= 0.3 is 0 Å². The monoisotopic (exact) mass is 423 g/mol. The zero-order chi connectivity index (χ0) is 21.1. The van der Waals surface area contributed by atoms with Gasteiger partial charge in [0.15, 0.2) is 5.25 Å². The molecule has 2 aliphatic heterocycles. The number of anilines is 1. The number of para-hydroxylation sites is 1. The number of thioether (sulfide) groups is 1. The predicted molar refractivity (Wildman–Crippen MR) is 117 cm³/mol. The maximum absolute atomic E-state index is 13.2.